The summed E-state index contributed by atoms with van der Waals surface area (Å²) < 4.78 is 6.09. The first-order valence-electron chi connectivity index (χ1n) is 7.22. The lowest BCUT2D eigenvalue weighted by Crippen LogP contribution is -2.22. The Hall–Kier alpha value is -0.860. The lowest BCUT2D eigenvalue weighted by Gasteiger charge is -2.28. The Balaban J connectivity index is 1.87. The molecule has 0 bridgehead atoms. The van der Waals surface area contributed by atoms with Crippen LogP contribution in [0.25, 0.3) is 0 Å². The SMILES string of the molecule is CCC1CCCC(OCc2ccccc2CN)C1. The van der Waals surface area contributed by atoms with E-state index in [2.05, 4.69) is 25.1 Å². The van der Waals surface area contributed by atoms with E-state index in [1.165, 1.54) is 43.2 Å². The van der Waals surface area contributed by atoms with Gasteiger partial charge in [0.2, 0.25) is 0 Å². The summed E-state index contributed by atoms with van der Waals surface area (Å²) in [5, 5.41) is 0. The van der Waals surface area contributed by atoms with Crippen LogP contribution in [0.5, 0.6) is 0 Å². The topological polar surface area (TPSA) is 35.2 Å². The van der Waals surface area contributed by atoms with E-state index in [-0.39, 0.29) is 0 Å². The van der Waals surface area contributed by atoms with Gasteiger partial charge < -0.3 is 10.5 Å². The molecule has 0 amide bonds. The van der Waals surface area contributed by atoms with Gasteiger partial charge in [-0.3, -0.25) is 0 Å². The van der Waals surface area contributed by atoms with Crippen LogP contribution in [0.15, 0.2) is 24.3 Å². The summed E-state index contributed by atoms with van der Waals surface area (Å²) in [6.07, 6.45) is 6.91. The van der Waals surface area contributed by atoms with Crippen molar-refractivity contribution in [2.24, 2.45) is 11.7 Å². The van der Waals surface area contributed by atoms with E-state index in [1.807, 2.05) is 6.07 Å². The monoisotopic (exact) mass is 247 g/mol. The summed E-state index contributed by atoms with van der Waals surface area (Å²) in [5.41, 5.74) is 8.20. The number of hydrogen-bond donors (Lipinski definition) is 1. The van der Waals surface area contributed by atoms with Crippen LogP contribution in [0.2, 0.25) is 0 Å². The molecule has 1 saturated carbocycles. The highest BCUT2D eigenvalue weighted by Gasteiger charge is 2.21. The summed E-state index contributed by atoms with van der Waals surface area (Å²) in [6.45, 7) is 3.60. The zero-order valence-electron chi connectivity index (χ0n) is 11.4. The molecule has 0 aromatic heterocycles. The maximum absolute atomic E-state index is 6.09. The number of ether oxygens (including phenoxy) is 1. The van der Waals surface area contributed by atoms with Crippen LogP contribution in [-0.2, 0) is 17.9 Å². The molecule has 1 aromatic rings. The van der Waals surface area contributed by atoms with Crippen molar-refractivity contribution >= 4 is 0 Å². The summed E-state index contributed by atoms with van der Waals surface area (Å²) in [6, 6.07) is 8.32. The zero-order chi connectivity index (χ0) is 12.8. The van der Waals surface area contributed by atoms with Gasteiger partial charge in [0.25, 0.3) is 0 Å². The van der Waals surface area contributed by atoms with E-state index in [0.29, 0.717) is 19.3 Å². The minimum absolute atomic E-state index is 0.453. The third-order valence-electron chi connectivity index (χ3n) is 4.12. The molecule has 18 heavy (non-hydrogen) atoms. The Bertz CT molecular complexity index is 364. The third kappa shape index (κ3) is 3.56. The van der Waals surface area contributed by atoms with Gasteiger partial charge in [-0.25, -0.2) is 0 Å². The Morgan fingerprint density at radius 1 is 1.22 bits per heavy atom. The molecule has 2 rings (SSSR count). The van der Waals surface area contributed by atoms with Crippen LogP contribution < -0.4 is 5.73 Å². The molecule has 2 atom stereocenters. The van der Waals surface area contributed by atoms with Crippen molar-refractivity contribution in [1.29, 1.82) is 0 Å². The second-order valence-electron chi connectivity index (χ2n) is 5.35. The first kappa shape index (κ1) is 13.6. The van der Waals surface area contributed by atoms with Crippen LogP contribution in [0.4, 0.5) is 0 Å². The first-order chi connectivity index (χ1) is 8.83. The highest BCUT2D eigenvalue weighted by molar-refractivity contribution is 5.26. The largest absolute Gasteiger partial charge is 0.374 e. The second-order valence-corrected chi connectivity index (χ2v) is 5.35. The maximum Gasteiger partial charge on any atom is 0.0723 e. The van der Waals surface area contributed by atoms with E-state index < -0.39 is 0 Å². The van der Waals surface area contributed by atoms with Gasteiger partial charge in [-0.1, -0.05) is 50.5 Å². The Morgan fingerprint density at radius 2 is 2.00 bits per heavy atom. The highest BCUT2D eigenvalue weighted by Crippen LogP contribution is 2.29. The second kappa shape index (κ2) is 6.91. The quantitative estimate of drug-likeness (QED) is 0.862. The van der Waals surface area contributed by atoms with Crippen LogP contribution in [-0.4, -0.2) is 6.10 Å². The molecule has 1 aliphatic rings. The standard InChI is InChI=1S/C16H25NO/c1-2-13-6-5-9-16(10-13)18-12-15-8-4-3-7-14(15)11-17/h3-4,7-8,13,16H,2,5-6,9-12,17H2,1H3. The number of nitrogens with two attached hydrogens (primary N) is 1. The zero-order valence-corrected chi connectivity index (χ0v) is 11.4. The molecule has 0 radical (unpaired) electrons. The fourth-order valence-electron chi connectivity index (χ4n) is 2.87. The minimum atomic E-state index is 0.453. The molecule has 1 aromatic carbocycles. The average Bonchev–Trinajstić information content (AvgIpc) is 2.45. The summed E-state index contributed by atoms with van der Waals surface area (Å²) in [4.78, 5) is 0. The summed E-state index contributed by atoms with van der Waals surface area (Å²) in [7, 11) is 0. The molecule has 0 spiro atoms. The van der Waals surface area contributed by atoms with Crippen LogP contribution >= 0.6 is 0 Å². The first-order valence-corrected chi connectivity index (χ1v) is 7.22. The minimum Gasteiger partial charge on any atom is -0.374 e. The van der Waals surface area contributed by atoms with Crippen LogP contribution in [0, 0.1) is 5.92 Å². The van der Waals surface area contributed by atoms with Crippen molar-refractivity contribution in [3.05, 3.63) is 35.4 Å². The fraction of sp³-hybridized carbons (Fsp3) is 0.625. The molecule has 2 heteroatoms. The molecule has 2 nitrogen and oxygen atoms in total. The Labute approximate surface area is 111 Å². The van der Waals surface area contributed by atoms with Crippen molar-refractivity contribution < 1.29 is 4.74 Å². The van der Waals surface area contributed by atoms with E-state index >= 15 is 0 Å². The molecule has 1 fully saturated rings. The molecule has 0 aliphatic heterocycles. The number of rotatable bonds is 5. The molecule has 2 N–H and O–H groups in total. The van der Waals surface area contributed by atoms with Crippen molar-refractivity contribution in [2.45, 2.75) is 58.3 Å². The van der Waals surface area contributed by atoms with Crippen LogP contribution in [0.3, 0.4) is 0 Å². The van der Waals surface area contributed by atoms with Gasteiger partial charge in [0.15, 0.2) is 0 Å². The molecule has 100 valence electrons. The molecular weight excluding hydrogens is 222 g/mol. The van der Waals surface area contributed by atoms with E-state index in [9.17, 15) is 0 Å². The normalized spacial score (nSPS) is 24.1. The maximum atomic E-state index is 6.09. The Kier molecular flexibility index (Phi) is 5.21. The van der Waals surface area contributed by atoms with Crippen molar-refractivity contribution in [3.63, 3.8) is 0 Å². The van der Waals surface area contributed by atoms with Gasteiger partial charge >= 0.3 is 0 Å². The van der Waals surface area contributed by atoms with Crippen LogP contribution in [0.1, 0.15) is 50.2 Å². The third-order valence-corrected chi connectivity index (χ3v) is 4.12. The van der Waals surface area contributed by atoms with Gasteiger partial charge in [-0.2, -0.15) is 0 Å². The average molecular weight is 247 g/mol. The number of hydrogen-bond acceptors (Lipinski definition) is 2. The molecular formula is C16H25NO. The molecule has 1 aliphatic carbocycles. The number of benzene rings is 1. The van der Waals surface area contributed by atoms with E-state index in [0.717, 1.165) is 5.92 Å². The fourth-order valence-corrected chi connectivity index (χ4v) is 2.87. The lowest BCUT2D eigenvalue weighted by atomic mass is 9.85. The summed E-state index contributed by atoms with van der Waals surface area (Å²) in [5.74, 6) is 0.869. The Morgan fingerprint density at radius 3 is 2.72 bits per heavy atom. The lowest BCUT2D eigenvalue weighted by molar-refractivity contribution is 0.00150. The predicted molar refractivity (Wildman–Crippen MR) is 75.2 cm³/mol. The highest BCUT2D eigenvalue weighted by atomic mass is 16.5. The van der Waals surface area contributed by atoms with Gasteiger partial charge in [0.05, 0.1) is 12.7 Å². The molecule has 2 unspecified atom stereocenters. The van der Waals surface area contributed by atoms with Gasteiger partial charge in [-0.15, -0.1) is 0 Å². The van der Waals surface area contributed by atoms with Crippen molar-refractivity contribution in [1.82, 2.24) is 0 Å². The van der Waals surface area contributed by atoms with Crippen molar-refractivity contribution in [3.8, 4) is 0 Å². The van der Waals surface area contributed by atoms with Gasteiger partial charge in [-0.05, 0) is 29.9 Å². The molecule has 0 heterocycles. The van der Waals surface area contributed by atoms with Crippen molar-refractivity contribution in [2.75, 3.05) is 0 Å². The van der Waals surface area contributed by atoms with Gasteiger partial charge in [0, 0.05) is 6.54 Å². The predicted octanol–water partition coefficient (Wildman–Crippen LogP) is 3.63. The van der Waals surface area contributed by atoms with Gasteiger partial charge in [0.1, 0.15) is 0 Å². The molecule has 0 saturated heterocycles. The van der Waals surface area contributed by atoms with E-state index in [4.69, 9.17) is 10.5 Å². The van der Waals surface area contributed by atoms with E-state index in [1.54, 1.807) is 0 Å². The summed E-state index contributed by atoms with van der Waals surface area (Å²) >= 11 is 0. The smallest absolute Gasteiger partial charge is 0.0723 e.